The number of aromatic nitrogens is 3. The molecule has 0 unspecified atom stereocenters. The number of ether oxygens (including phenoxy) is 1. The fourth-order valence-corrected chi connectivity index (χ4v) is 3.46. The van der Waals surface area contributed by atoms with Crippen LogP contribution < -0.4 is 4.74 Å². The van der Waals surface area contributed by atoms with Gasteiger partial charge in [-0.15, -0.1) is 0 Å². The van der Waals surface area contributed by atoms with Gasteiger partial charge in [0.2, 0.25) is 5.91 Å². The third-order valence-corrected chi connectivity index (χ3v) is 5.06. The summed E-state index contributed by atoms with van der Waals surface area (Å²) in [6, 6.07) is 10.5. The van der Waals surface area contributed by atoms with Crippen LogP contribution in [0.1, 0.15) is 12.8 Å². The number of halogens is 1. The molecule has 0 N–H and O–H groups in total. The minimum atomic E-state index is 0.0487. The van der Waals surface area contributed by atoms with Crippen LogP contribution in [-0.2, 0) is 11.3 Å². The molecule has 1 aliphatic rings. The molecule has 7 heteroatoms. The summed E-state index contributed by atoms with van der Waals surface area (Å²) in [5, 5.41) is 1.15. The Morgan fingerprint density at radius 3 is 2.65 bits per heavy atom. The molecular weight excluding hydrogens is 396 g/mol. The van der Waals surface area contributed by atoms with Crippen molar-refractivity contribution in [2.75, 3.05) is 13.1 Å². The second-order valence-corrected chi connectivity index (χ2v) is 7.30. The van der Waals surface area contributed by atoms with Crippen molar-refractivity contribution in [2.45, 2.75) is 25.5 Å². The lowest BCUT2D eigenvalue weighted by Gasteiger charge is -2.31. The lowest BCUT2D eigenvalue weighted by molar-refractivity contribution is -0.133. The van der Waals surface area contributed by atoms with Gasteiger partial charge in [-0.2, -0.15) is 0 Å². The number of likely N-dealkylation sites (tertiary alicyclic amines) is 1. The summed E-state index contributed by atoms with van der Waals surface area (Å²) in [7, 11) is 0. The van der Waals surface area contributed by atoms with Crippen molar-refractivity contribution >= 4 is 32.7 Å². The number of carbonyl (C=O) groups excluding carboxylic acids is 1. The molecule has 4 rings (SSSR count). The quantitative estimate of drug-likeness (QED) is 0.657. The number of piperidine rings is 1. The molecule has 1 fully saturated rings. The third kappa shape index (κ3) is 3.72. The summed E-state index contributed by atoms with van der Waals surface area (Å²) in [6.07, 6.45) is 6.94. The van der Waals surface area contributed by atoms with E-state index in [0.717, 1.165) is 28.2 Å². The number of nitrogens with zero attached hydrogens (tertiary/aromatic N) is 4. The Labute approximate surface area is 159 Å². The van der Waals surface area contributed by atoms with Gasteiger partial charge >= 0.3 is 6.01 Å². The molecule has 26 heavy (non-hydrogen) atoms. The zero-order valence-electron chi connectivity index (χ0n) is 14.2. The first kappa shape index (κ1) is 17.0. The van der Waals surface area contributed by atoms with Crippen molar-refractivity contribution in [3.05, 3.63) is 53.4 Å². The fraction of sp³-hybridized carbons (Fsp3) is 0.316. The second-order valence-electron chi connectivity index (χ2n) is 6.38. The molecule has 0 spiro atoms. The van der Waals surface area contributed by atoms with Crippen molar-refractivity contribution in [1.82, 2.24) is 19.4 Å². The fourth-order valence-electron chi connectivity index (χ4n) is 3.26. The first-order valence-electron chi connectivity index (χ1n) is 8.65. The van der Waals surface area contributed by atoms with Gasteiger partial charge in [0, 0.05) is 50.0 Å². The van der Waals surface area contributed by atoms with Crippen LogP contribution >= 0.6 is 15.9 Å². The average Bonchev–Trinajstić information content (AvgIpc) is 3.07. The first-order valence-corrected chi connectivity index (χ1v) is 9.44. The van der Waals surface area contributed by atoms with E-state index in [9.17, 15) is 4.79 Å². The van der Waals surface area contributed by atoms with Gasteiger partial charge in [-0.25, -0.2) is 9.97 Å². The topological polar surface area (TPSA) is 60.2 Å². The van der Waals surface area contributed by atoms with Crippen molar-refractivity contribution in [2.24, 2.45) is 0 Å². The predicted molar refractivity (Wildman–Crippen MR) is 102 cm³/mol. The normalized spacial score (nSPS) is 15.3. The summed E-state index contributed by atoms with van der Waals surface area (Å²) < 4.78 is 8.65. The van der Waals surface area contributed by atoms with Crippen molar-refractivity contribution in [1.29, 1.82) is 0 Å². The van der Waals surface area contributed by atoms with Gasteiger partial charge in [0.25, 0.3) is 0 Å². The van der Waals surface area contributed by atoms with E-state index in [0.29, 0.717) is 25.6 Å². The Morgan fingerprint density at radius 2 is 1.88 bits per heavy atom. The highest BCUT2D eigenvalue weighted by Crippen LogP contribution is 2.19. The molecule has 3 aromatic rings. The van der Waals surface area contributed by atoms with Crippen molar-refractivity contribution in [3.8, 4) is 6.01 Å². The summed E-state index contributed by atoms with van der Waals surface area (Å²) >= 11 is 3.31. The standard InChI is InChI=1S/C19H19BrN4O2/c20-15-11-21-19(22-12-15)26-16-6-9-23(10-7-16)18(25)13-24-8-5-14-3-1-2-4-17(14)24/h1-5,8,11-12,16H,6-7,9-10,13H2. The Bertz CT molecular complexity index is 901. The number of hydrogen-bond donors (Lipinski definition) is 0. The van der Waals surface area contributed by atoms with Gasteiger partial charge in [-0.3, -0.25) is 4.79 Å². The highest BCUT2D eigenvalue weighted by atomic mass is 79.9. The molecule has 6 nitrogen and oxygen atoms in total. The van der Waals surface area contributed by atoms with E-state index in [1.54, 1.807) is 12.4 Å². The smallest absolute Gasteiger partial charge is 0.316 e. The summed E-state index contributed by atoms with van der Waals surface area (Å²) in [5.74, 6) is 0.143. The van der Waals surface area contributed by atoms with E-state index in [-0.39, 0.29) is 12.0 Å². The molecule has 0 atom stereocenters. The van der Waals surface area contributed by atoms with Crippen LogP contribution in [-0.4, -0.2) is 44.5 Å². The molecule has 1 aliphatic heterocycles. The molecule has 0 radical (unpaired) electrons. The maximum absolute atomic E-state index is 12.6. The highest BCUT2D eigenvalue weighted by molar-refractivity contribution is 9.10. The molecule has 0 saturated carbocycles. The summed E-state index contributed by atoms with van der Waals surface area (Å²) in [6.45, 7) is 1.76. The van der Waals surface area contributed by atoms with Gasteiger partial charge < -0.3 is 14.2 Å². The van der Waals surface area contributed by atoms with Crippen LogP contribution in [0.3, 0.4) is 0 Å². The Morgan fingerprint density at radius 1 is 1.15 bits per heavy atom. The van der Waals surface area contributed by atoms with E-state index in [1.165, 1.54) is 0 Å². The molecule has 0 aliphatic carbocycles. The summed E-state index contributed by atoms with van der Waals surface area (Å²) in [5.41, 5.74) is 1.09. The van der Waals surface area contributed by atoms with Crippen molar-refractivity contribution < 1.29 is 9.53 Å². The number of hydrogen-bond acceptors (Lipinski definition) is 4. The maximum atomic E-state index is 12.6. The van der Waals surface area contributed by atoms with Gasteiger partial charge in [-0.1, -0.05) is 18.2 Å². The van der Waals surface area contributed by atoms with Crippen LogP contribution in [0, 0.1) is 0 Å². The zero-order valence-corrected chi connectivity index (χ0v) is 15.8. The largest absolute Gasteiger partial charge is 0.460 e. The van der Waals surface area contributed by atoms with Gasteiger partial charge in [-0.05, 0) is 33.4 Å². The number of amides is 1. The van der Waals surface area contributed by atoms with Crippen LogP contribution in [0.4, 0.5) is 0 Å². The molecule has 0 bridgehead atoms. The Kier molecular flexibility index (Phi) is 4.88. The molecule has 2 aromatic heterocycles. The minimum Gasteiger partial charge on any atom is -0.460 e. The molecule has 1 aromatic carbocycles. The molecule has 3 heterocycles. The monoisotopic (exact) mass is 414 g/mol. The number of para-hydroxylation sites is 1. The highest BCUT2D eigenvalue weighted by Gasteiger charge is 2.24. The number of benzene rings is 1. The molecule has 1 amide bonds. The molecule has 1 saturated heterocycles. The predicted octanol–water partition coefficient (Wildman–Crippen LogP) is 3.26. The summed E-state index contributed by atoms with van der Waals surface area (Å²) in [4.78, 5) is 22.8. The van der Waals surface area contributed by atoms with Crippen LogP contribution in [0.15, 0.2) is 53.4 Å². The van der Waals surface area contributed by atoms with Crippen LogP contribution in [0.25, 0.3) is 10.9 Å². The van der Waals surface area contributed by atoms with Gasteiger partial charge in [0.1, 0.15) is 12.6 Å². The Balaban J connectivity index is 1.32. The third-order valence-electron chi connectivity index (χ3n) is 4.65. The Hall–Kier alpha value is -2.41. The SMILES string of the molecule is O=C(Cn1ccc2ccccc21)N1CCC(Oc2ncc(Br)cn2)CC1. The van der Waals surface area contributed by atoms with Gasteiger partial charge in [0.15, 0.2) is 0 Å². The number of fused-ring (bicyclic) bond motifs is 1. The van der Waals surface area contributed by atoms with E-state index in [4.69, 9.17) is 4.74 Å². The van der Waals surface area contributed by atoms with Crippen LogP contribution in [0.5, 0.6) is 6.01 Å². The molecular formula is C19H19BrN4O2. The minimum absolute atomic E-state index is 0.0487. The molecule has 134 valence electrons. The average molecular weight is 415 g/mol. The lowest BCUT2D eigenvalue weighted by Crippen LogP contribution is -2.43. The van der Waals surface area contributed by atoms with E-state index < -0.39 is 0 Å². The number of carbonyl (C=O) groups is 1. The van der Waals surface area contributed by atoms with Gasteiger partial charge in [0.05, 0.1) is 4.47 Å². The lowest BCUT2D eigenvalue weighted by atomic mass is 10.1. The maximum Gasteiger partial charge on any atom is 0.316 e. The van der Waals surface area contributed by atoms with E-state index in [1.807, 2.05) is 39.9 Å². The first-order chi connectivity index (χ1) is 12.7. The van der Waals surface area contributed by atoms with Crippen molar-refractivity contribution in [3.63, 3.8) is 0 Å². The zero-order chi connectivity index (χ0) is 17.9. The van der Waals surface area contributed by atoms with E-state index in [2.05, 4.69) is 32.0 Å². The second kappa shape index (κ2) is 7.45. The number of rotatable bonds is 4. The van der Waals surface area contributed by atoms with E-state index >= 15 is 0 Å². The van der Waals surface area contributed by atoms with Crippen LogP contribution in [0.2, 0.25) is 0 Å².